The maximum Gasteiger partial charge on any atom is 0.271 e. The molecule has 0 spiro atoms. The van der Waals surface area contributed by atoms with Crippen molar-refractivity contribution in [3.63, 3.8) is 0 Å². The minimum Gasteiger partial charge on any atom is -0.493 e. The summed E-state index contributed by atoms with van der Waals surface area (Å²) in [5.41, 5.74) is -0.0222. The zero-order valence-corrected chi connectivity index (χ0v) is 14.3. The van der Waals surface area contributed by atoms with Gasteiger partial charge in [-0.25, -0.2) is 0 Å². The Bertz CT molecular complexity index is 763. The Morgan fingerprint density at radius 3 is 2.22 bits per heavy atom. The molecule has 0 atom stereocenters. The maximum absolute atomic E-state index is 12.4. The number of aromatic nitrogens is 1. The van der Waals surface area contributed by atoms with E-state index >= 15 is 0 Å². The number of methoxy groups -OCH3 is 3. The number of nitrogens with one attached hydrogen (secondary N) is 2. The van der Waals surface area contributed by atoms with Crippen molar-refractivity contribution in [2.24, 2.45) is 0 Å². The molecule has 2 aromatic rings. The number of amides is 1. The van der Waals surface area contributed by atoms with Crippen molar-refractivity contribution in [2.45, 2.75) is 0 Å². The van der Waals surface area contributed by atoms with Gasteiger partial charge in [-0.2, -0.15) is 0 Å². The van der Waals surface area contributed by atoms with Crippen LogP contribution in [0.15, 0.2) is 33.7 Å². The van der Waals surface area contributed by atoms with Gasteiger partial charge in [-0.3, -0.25) is 9.59 Å². The van der Waals surface area contributed by atoms with Gasteiger partial charge in [0.1, 0.15) is 5.69 Å². The van der Waals surface area contributed by atoms with Gasteiger partial charge in [-0.1, -0.05) is 0 Å². The molecular formula is C15H15BrN2O5. The van der Waals surface area contributed by atoms with Crippen LogP contribution in [-0.4, -0.2) is 32.2 Å². The second-order valence-corrected chi connectivity index (χ2v) is 5.34. The van der Waals surface area contributed by atoms with Gasteiger partial charge in [0.25, 0.3) is 11.5 Å². The lowest BCUT2D eigenvalue weighted by Crippen LogP contribution is -2.19. The molecule has 0 saturated carbocycles. The van der Waals surface area contributed by atoms with Crippen LogP contribution >= 0.6 is 15.9 Å². The Morgan fingerprint density at radius 1 is 1.09 bits per heavy atom. The topological polar surface area (TPSA) is 89.7 Å². The van der Waals surface area contributed by atoms with Gasteiger partial charge < -0.3 is 24.5 Å². The van der Waals surface area contributed by atoms with E-state index in [9.17, 15) is 9.59 Å². The minimum absolute atomic E-state index is 0.123. The van der Waals surface area contributed by atoms with Crippen molar-refractivity contribution in [1.29, 1.82) is 0 Å². The molecule has 8 heteroatoms. The smallest absolute Gasteiger partial charge is 0.271 e. The maximum atomic E-state index is 12.4. The molecule has 0 unspecified atom stereocenters. The molecule has 23 heavy (non-hydrogen) atoms. The minimum atomic E-state index is -0.479. The quantitative estimate of drug-likeness (QED) is 0.828. The summed E-state index contributed by atoms with van der Waals surface area (Å²) >= 11 is 3.23. The Kier molecular flexibility index (Phi) is 5.28. The fraction of sp³-hybridized carbons (Fsp3) is 0.200. The summed E-state index contributed by atoms with van der Waals surface area (Å²) in [5, 5.41) is 2.54. The first-order valence-electron chi connectivity index (χ1n) is 6.49. The van der Waals surface area contributed by atoms with Crippen molar-refractivity contribution < 1.29 is 19.0 Å². The first-order chi connectivity index (χ1) is 11.0. The Labute approximate surface area is 140 Å². The third kappa shape index (κ3) is 3.65. The molecule has 1 heterocycles. The predicted octanol–water partition coefficient (Wildman–Crippen LogP) is 2.42. The van der Waals surface area contributed by atoms with Crippen molar-refractivity contribution in [2.75, 3.05) is 26.6 Å². The molecule has 7 nitrogen and oxygen atoms in total. The molecular weight excluding hydrogens is 368 g/mol. The van der Waals surface area contributed by atoms with Crippen molar-refractivity contribution in [3.8, 4) is 17.2 Å². The Balaban J connectivity index is 2.39. The highest BCUT2D eigenvalue weighted by atomic mass is 79.9. The number of anilines is 1. The number of carbonyl (C=O) groups is 1. The Morgan fingerprint density at radius 2 is 1.70 bits per heavy atom. The summed E-state index contributed by atoms with van der Waals surface area (Å²) in [7, 11) is 4.39. The molecule has 0 saturated heterocycles. The van der Waals surface area contributed by atoms with Gasteiger partial charge in [-0.15, -0.1) is 0 Å². The second kappa shape index (κ2) is 7.19. The number of rotatable bonds is 5. The largest absolute Gasteiger partial charge is 0.493 e. The van der Waals surface area contributed by atoms with Gasteiger partial charge in [0, 0.05) is 16.2 Å². The molecule has 2 N–H and O–H groups in total. The molecule has 2 rings (SSSR count). The lowest BCUT2D eigenvalue weighted by molar-refractivity contribution is 0.102. The monoisotopic (exact) mass is 382 g/mol. The van der Waals surface area contributed by atoms with Crippen molar-refractivity contribution in [3.05, 3.63) is 44.8 Å². The molecule has 1 aromatic carbocycles. The fourth-order valence-corrected chi connectivity index (χ4v) is 2.30. The summed E-state index contributed by atoms with van der Waals surface area (Å²) < 4.78 is 16.2. The lowest BCUT2D eigenvalue weighted by Gasteiger charge is -2.14. The summed E-state index contributed by atoms with van der Waals surface area (Å²) in [6, 6.07) is 4.51. The fourth-order valence-electron chi connectivity index (χ4n) is 1.96. The number of benzene rings is 1. The molecule has 0 fully saturated rings. The van der Waals surface area contributed by atoms with E-state index in [1.807, 2.05) is 0 Å². The first kappa shape index (κ1) is 16.9. The summed E-state index contributed by atoms with van der Waals surface area (Å²) in [6.07, 6.45) is 1.48. The standard InChI is InChI=1S/C15H15BrN2O5/c1-21-11-4-8(5-12(22-2)13(11)23-3)14(19)18-10-6-9(16)7-17-15(10)20/h4-7H,1-3H3,(H,17,20)(H,18,19). The number of hydrogen-bond acceptors (Lipinski definition) is 5. The second-order valence-electron chi connectivity index (χ2n) is 4.43. The van der Waals surface area contributed by atoms with Crippen molar-refractivity contribution >= 4 is 27.5 Å². The molecule has 122 valence electrons. The van der Waals surface area contributed by atoms with Crippen LogP contribution < -0.4 is 25.1 Å². The number of hydrogen-bond donors (Lipinski definition) is 2. The molecule has 1 aromatic heterocycles. The normalized spacial score (nSPS) is 10.1. The van der Waals surface area contributed by atoms with Crippen LogP contribution in [0.25, 0.3) is 0 Å². The zero-order valence-electron chi connectivity index (χ0n) is 12.7. The number of aromatic amines is 1. The lowest BCUT2D eigenvalue weighted by atomic mass is 10.1. The number of halogens is 1. The van der Waals surface area contributed by atoms with Gasteiger partial charge >= 0.3 is 0 Å². The van der Waals surface area contributed by atoms with Crippen LogP contribution in [-0.2, 0) is 0 Å². The number of pyridine rings is 1. The van der Waals surface area contributed by atoms with Crippen LogP contribution in [0, 0.1) is 0 Å². The van der Waals surface area contributed by atoms with E-state index in [4.69, 9.17) is 14.2 Å². The average molecular weight is 383 g/mol. The highest BCUT2D eigenvalue weighted by Crippen LogP contribution is 2.38. The molecule has 0 aliphatic heterocycles. The van der Waals surface area contributed by atoms with E-state index in [1.165, 1.54) is 45.7 Å². The summed E-state index contributed by atoms with van der Waals surface area (Å²) in [6.45, 7) is 0. The first-order valence-corrected chi connectivity index (χ1v) is 7.29. The van der Waals surface area contributed by atoms with E-state index < -0.39 is 11.5 Å². The van der Waals surface area contributed by atoms with Gasteiger partial charge in [-0.05, 0) is 34.1 Å². The van der Waals surface area contributed by atoms with Crippen LogP contribution in [0.2, 0.25) is 0 Å². The third-order valence-corrected chi connectivity index (χ3v) is 3.50. The highest BCUT2D eigenvalue weighted by Gasteiger charge is 2.17. The number of H-pyrrole nitrogens is 1. The van der Waals surface area contributed by atoms with Crippen LogP contribution in [0.4, 0.5) is 5.69 Å². The zero-order chi connectivity index (χ0) is 17.0. The molecule has 0 bridgehead atoms. The highest BCUT2D eigenvalue weighted by molar-refractivity contribution is 9.10. The molecule has 0 aliphatic rings. The Hall–Kier alpha value is -2.48. The number of ether oxygens (including phenoxy) is 3. The van der Waals surface area contributed by atoms with Crippen LogP contribution in [0.3, 0.4) is 0 Å². The van der Waals surface area contributed by atoms with E-state index in [0.717, 1.165) is 0 Å². The van der Waals surface area contributed by atoms with E-state index in [2.05, 4.69) is 26.2 Å². The third-order valence-electron chi connectivity index (χ3n) is 3.04. The summed E-state index contributed by atoms with van der Waals surface area (Å²) in [5.74, 6) is 0.597. The van der Waals surface area contributed by atoms with Gasteiger partial charge in [0.15, 0.2) is 11.5 Å². The van der Waals surface area contributed by atoms with Crippen LogP contribution in [0.5, 0.6) is 17.2 Å². The van der Waals surface area contributed by atoms with E-state index in [-0.39, 0.29) is 11.3 Å². The van der Waals surface area contributed by atoms with E-state index in [0.29, 0.717) is 21.7 Å². The van der Waals surface area contributed by atoms with Gasteiger partial charge in [0.2, 0.25) is 5.75 Å². The number of carbonyl (C=O) groups excluding carboxylic acids is 1. The summed E-state index contributed by atoms with van der Waals surface area (Å²) in [4.78, 5) is 26.6. The molecule has 1 amide bonds. The van der Waals surface area contributed by atoms with Crippen LogP contribution in [0.1, 0.15) is 10.4 Å². The predicted molar refractivity (Wildman–Crippen MR) is 88.8 cm³/mol. The van der Waals surface area contributed by atoms with E-state index in [1.54, 1.807) is 0 Å². The average Bonchev–Trinajstić information content (AvgIpc) is 2.56. The van der Waals surface area contributed by atoms with Gasteiger partial charge in [0.05, 0.1) is 21.3 Å². The molecule has 0 radical (unpaired) electrons. The SMILES string of the molecule is COc1cc(C(=O)Nc2cc(Br)c[nH]c2=O)cc(OC)c1OC. The molecule has 0 aliphatic carbocycles. The van der Waals surface area contributed by atoms with Crippen molar-refractivity contribution in [1.82, 2.24) is 4.98 Å².